The molecule has 1 fully saturated rings. The van der Waals surface area contributed by atoms with Crippen LogP contribution in [-0.4, -0.2) is 47.7 Å². The van der Waals surface area contributed by atoms with Crippen molar-refractivity contribution in [3.8, 4) is 17.1 Å². The lowest BCUT2D eigenvalue weighted by molar-refractivity contribution is -0.139. The minimum absolute atomic E-state index is 0. The third kappa shape index (κ3) is 4.97. The molecule has 5 aromatic rings. The van der Waals surface area contributed by atoms with Crippen molar-refractivity contribution in [2.75, 3.05) is 0 Å². The van der Waals surface area contributed by atoms with E-state index in [9.17, 15) is 19.8 Å². The predicted octanol–water partition coefficient (Wildman–Crippen LogP) is 5.45. The number of aliphatic carboxylic acids is 1. The first-order valence-corrected chi connectivity index (χ1v) is 12.7. The highest BCUT2D eigenvalue weighted by Crippen LogP contribution is 2.35. The van der Waals surface area contributed by atoms with Crippen LogP contribution in [0.25, 0.3) is 33.5 Å². The van der Waals surface area contributed by atoms with Gasteiger partial charge in [0.15, 0.2) is 5.65 Å². The number of carboxylic acids is 1. The maximum atomic E-state index is 13.1. The molecule has 10 nitrogen and oxygen atoms in total. The number of nitrogens with one attached hydrogen (secondary N) is 2. The summed E-state index contributed by atoms with van der Waals surface area (Å²) >= 11 is 0. The second kappa shape index (κ2) is 10.6. The van der Waals surface area contributed by atoms with Gasteiger partial charge in [0.05, 0.1) is 17.3 Å². The van der Waals surface area contributed by atoms with Crippen LogP contribution in [0.5, 0.6) is 5.75 Å². The molecule has 4 aromatic heterocycles. The van der Waals surface area contributed by atoms with Gasteiger partial charge in [0, 0.05) is 29.6 Å². The van der Waals surface area contributed by atoms with Crippen molar-refractivity contribution in [3.63, 3.8) is 0 Å². The largest absolute Gasteiger partial charge is 0.508 e. The number of phenols is 1. The Morgan fingerprint density at radius 1 is 1.13 bits per heavy atom. The van der Waals surface area contributed by atoms with Gasteiger partial charge in [0.25, 0.3) is 5.91 Å². The summed E-state index contributed by atoms with van der Waals surface area (Å²) in [6.07, 6.45) is 10.6. The van der Waals surface area contributed by atoms with E-state index in [0.29, 0.717) is 16.6 Å². The molecule has 0 radical (unpaired) electrons. The molecular weight excluding hydrogens is 498 g/mol. The number of imidazole rings is 1. The van der Waals surface area contributed by atoms with E-state index < -0.39 is 17.9 Å². The maximum Gasteiger partial charge on any atom is 0.326 e. The quantitative estimate of drug-likeness (QED) is 0.219. The van der Waals surface area contributed by atoms with Gasteiger partial charge in [0.1, 0.15) is 29.6 Å². The molecule has 4 N–H and O–H groups in total. The van der Waals surface area contributed by atoms with E-state index in [1.807, 2.05) is 12.1 Å². The van der Waals surface area contributed by atoms with Crippen molar-refractivity contribution in [2.45, 2.75) is 58.0 Å². The summed E-state index contributed by atoms with van der Waals surface area (Å²) in [5.41, 5.74) is 3.63. The minimum Gasteiger partial charge on any atom is -0.508 e. The zero-order valence-corrected chi connectivity index (χ0v) is 20.6. The van der Waals surface area contributed by atoms with Crippen molar-refractivity contribution < 1.29 is 24.2 Å². The Hall–Kier alpha value is -4.60. The number of hydrogen-bond acceptors (Lipinski definition) is 6. The number of H-pyrrole nitrogens is 1. The Morgan fingerprint density at radius 2 is 1.95 bits per heavy atom. The van der Waals surface area contributed by atoms with Gasteiger partial charge in [-0.15, -0.1) is 0 Å². The number of aromatic hydroxyl groups is 1. The molecule has 202 valence electrons. The first kappa shape index (κ1) is 26.0. The van der Waals surface area contributed by atoms with Crippen LogP contribution >= 0.6 is 0 Å². The third-order valence-corrected chi connectivity index (χ3v) is 7.28. The van der Waals surface area contributed by atoms with Gasteiger partial charge in [-0.25, -0.2) is 14.8 Å². The highest BCUT2D eigenvalue weighted by atomic mass is 16.4. The number of carbonyl (C=O) groups excluding carboxylic acids is 1. The highest BCUT2D eigenvalue weighted by Gasteiger charge is 2.26. The number of amides is 1. The number of carboxylic acid groups (broad SMARTS) is 1. The van der Waals surface area contributed by atoms with Crippen LogP contribution < -0.4 is 5.32 Å². The smallest absolute Gasteiger partial charge is 0.326 e. The summed E-state index contributed by atoms with van der Waals surface area (Å²) in [5, 5.41) is 23.0. The van der Waals surface area contributed by atoms with Gasteiger partial charge < -0.3 is 29.5 Å². The molecule has 0 spiro atoms. The van der Waals surface area contributed by atoms with Crippen LogP contribution in [0.2, 0.25) is 0 Å². The van der Waals surface area contributed by atoms with E-state index in [2.05, 4.69) is 19.9 Å². The molecule has 1 aliphatic carbocycles. The highest BCUT2D eigenvalue weighted by molar-refractivity contribution is 5.97. The van der Waals surface area contributed by atoms with Crippen LogP contribution in [0.1, 0.15) is 61.6 Å². The van der Waals surface area contributed by atoms with Crippen molar-refractivity contribution in [2.24, 2.45) is 0 Å². The number of phenolic OH excluding ortho intramolecular Hbond substituents is 1. The molecule has 1 aliphatic rings. The second-order valence-corrected chi connectivity index (χ2v) is 9.76. The Balaban J connectivity index is 0.00000308. The van der Waals surface area contributed by atoms with Crippen LogP contribution in [0, 0.1) is 0 Å². The molecule has 1 amide bonds. The molecule has 1 atom stereocenters. The number of hydrogen-bond donors (Lipinski definition) is 4. The molecular formula is C29H31N5O5. The first-order valence-electron chi connectivity index (χ1n) is 12.7. The molecule has 1 saturated carbocycles. The summed E-state index contributed by atoms with van der Waals surface area (Å²) in [6.45, 7) is 0. The number of aromatic amines is 1. The van der Waals surface area contributed by atoms with E-state index >= 15 is 0 Å². The van der Waals surface area contributed by atoms with Crippen LogP contribution in [0.3, 0.4) is 0 Å². The molecule has 4 heterocycles. The molecule has 0 bridgehead atoms. The zero-order valence-electron chi connectivity index (χ0n) is 20.6. The first-order chi connectivity index (χ1) is 18.5. The van der Waals surface area contributed by atoms with E-state index in [-0.39, 0.29) is 31.3 Å². The number of carbonyl (C=O) groups is 2. The summed E-state index contributed by atoms with van der Waals surface area (Å²) in [7, 11) is 0. The number of pyridine rings is 1. The SMILES string of the molecule is C.O=C(N[C@@H](Cc1c[nH]c2ccc(O)cc12)C(=O)O)c1ccc2c(n1)nc(-c1ccoc1)n2C1CCCCC1. The Morgan fingerprint density at radius 3 is 2.69 bits per heavy atom. The summed E-state index contributed by atoms with van der Waals surface area (Å²) in [4.78, 5) is 37.5. The van der Waals surface area contributed by atoms with E-state index in [1.54, 1.807) is 43.0 Å². The second-order valence-electron chi connectivity index (χ2n) is 9.76. The van der Waals surface area contributed by atoms with E-state index in [0.717, 1.165) is 48.1 Å². The lowest BCUT2D eigenvalue weighted by Gasteiger charge is -2.25. The Bertz CT molecular complexity index is 1630. The van der Waals surface area contributed by atoms with Gasteiger partial charge in [-0.3, -0.25) is 4.79 Å². The molecule has 10 heteroatoms. The average Bonchev–Trinajstić information content (AvgIpc) is 3.67. The molecule has 0 unspecified atom stereocenters. The normalized spacial score (nSPS) is 14.8. The Kier molecular flexibility index (Phi) is 7.10. The molecule has 0 aliphatic heterocycles. The summed E-state index contributed by atoms with van der Waals surface area (Å²) in [6, 6.07) is 9.23. The third-order valence-electron chi connectivity index (χ3n) is 7.28. The topological polar surface area (TPSA) is 146 Å². The monoisotopic (exact) mass is 529 g/mol. The molecule has 39 heavy (non-hydrogen) atoms. The summed E-state index contributed by atoms with van der Waals surface area (Å²) < 4.78 is 7.50. The number of nitrogens with zero attached hydrogens (tertiary/aromatic N) is 3. The van der Waals surface area contributed by atoms with Crippen molar-refractivity contribution in [1.29, 1.82) is 0 Å². The zero-order chi connectivity index (χ0) is 26.2. The van der Waals surface area contributed by atoms with Crippen LogP contribution in [0.15, 0.2) is 59.5 Å². The fourth-order valence-electron chi connectivity index (χ4n) is 5.40. The van der Waals surface area contributed by atoms with Crippen LogP contribution in [-0.2, 0) is 11.2 Å². The van der Waals surface area contributed by atoms with Gasteiger partial charge in [-0.2, -0.15) is 0 Å². The predicted molar refractivity (Wildman–Crippen MR) is 147 cm³/mol. The van der Waals surface area contributed by atoms with Crippen LogP contribution in [0.4, 0.5) is 0 Å². The number of furan rings is 1. The van der Waals surface area contributed by atoms with Crippen molar-refractivity contribution >= 4 is 33.9 Å². The van der Waals surface area contributed by atoms with Crippen molar-refractivity contribution in [1.82, 2.24) is 24.8 Å². The minimum atomic E-state index is -1.19. The standard InChI is InChI=1S/C28H27N5O5.CH4/c34-19-6-7-21-20(13-19)17(14-29-21)12-23(28(36)37)31-27(35)22-8-9-24-25(30-22)32-26(16-10-11-38-15-16)33(24)18-4-2-1-3-5-18;/h6-11,13-15,18,23,29,34H,1-5,12H2,(H,31,35)(H,36,37);1H4/t23-;/m0./s1. The fourth-order valence-corrected chi connectivity index (χ4v) is 5.40. The van der Waals surface area contributed by atoms with Gasteiger partial charge in [-0.05, 0) is 54.8 Å². The van der Waals surface area contributed by atoms with Gasteiger partial charge in [-0.1, -0.05) is 26.7 Å². The lowest BCUT2D eigenvalue weighted by Crippen LogP contribution is -2.42. The number of rotatable bonds is 7. The molecule has 6 rings (SSSR count). The van der Waals surface area contributed by atoms with E-state index in [1.165, 1.54) is 6.42 Å². The Labute approximate surface area is 224 Å². The maximum absolute atomic E-state index is 13.1. The lowest BCUT2D eigenvalue weighted by atomic mass is 9.95. The number of benzene rings is 1. The van der Waals surface area contributed by atoms with Crippen molar-refractivity contribution in [3.05, 3.63) is 66.4 Å². The van der Waals surface area contributed by atoms with Gasteiger partial charge >= 0.3 is 5.97 Å². The van der Waals surface area contributed by atoms with E-state index in [4.69, 9.17) is 9.40 Å². The average molecular weight is 530 g/mol. The number of fused-ring (bicyclic) bond motifs is 2. The summed E-state index contributed by atoms with van der Waals surface area (Å²) in [5.74, 6) is -0.942. The van der Waals surface area contributed by atoms with Gasteiger partial charge in [0.2, 0.25) is 0 Å². The fraction of sp³-hybridized carbons (Fsp3) is 0.310. The number of aromatic nitrogens is 4. The molecule has 0 saturated heterocycles. The molecule has 1 aromatic carbocycles.